The third-order valence-corrected chi connectivity index (χ3v) is 6.38. The number of nitrogen functional groups attached to an aromatic ring is 2. The average Bonchev–Trinajstić information content (AvgIpc) is 3.15. The fourth-order valence-electron chi connectivity index (χ4n) is 2.90. The number of nitrogens with two attached hydrogens (primary N) is 2. The molecule has 13 heteroatoms. The van der Waals surface area contributed by atoms with Gasteiger partial charge in [0.1, 0.15) is 17.7 Å². The predicted molar refractivity (Wildman–Crippen MR) is 104 cm³/mol. The summed E-state index contributed by atoms with van der Waals surface area (Å²) in [6, 6.07) is 0. The molecule has 2 aromatic rings. The molecule has 11 nitrogen and oxygen atoms in total. The Morgan fingerprint density at radius 3 is 2.66 bits per heavy atom. The number of anilines is 2. The summed E-state index contributed by atoms with van der Waals surface area (Å²) >= 11 is 0. The molecule has 0 bridgehead atoms. The fraction of sp³-hybridized carbons (Fsp3) is 0.688. The van der Waals surface area contributed by atoms with Gasteiger partial charge in [-0.3, -0.25) is 13.7 Å². The molecule has 0 amide bonds. The lowest BCUT2D eigenvalue weighted by molar-refractivity contribution is -0.0720. The molecule has 5 N–H and O–H groups in total. The highest BCUT2D eigenvalue weighted by atomic mass is 31.2. The van der Waals surface area contributed by atoms with E-state index >= 15 is 4.39 Å². The molecular formula is C16H26FN6O5P. The third kappa shape index (κ3) is 4.36. The van der Waals surface area contributed by atoms with Crippen LogP contribution in [-0.2, 0) is 18.6 Å². The smallest absolute Gasteiger partial charge is 0.331 e. The summed E-state index contributed by atoms with van der Waals surface area (Å²) in [5, 5.41) is 0. The Morgan fingerprint density at radius 2 is 2.03 bits per heavy atom. The third-order valence-electron chi connectivity index (χ3n) is 4.53. The van der Waals surface area contributed by atoms with E-state index in [1.807, 2.05) is 13.8 Å². The van der Waals surface area contributed by atoms with Crippen LogP contribution < -0.4 is 11.5 Å². The van der Waals surface area contributed by atoms with Crippen LogP contribution in [-0.4, -0.2) is 61.2 Å². The largest absolute Gasteiger partial charge is 0.382 e. The van der Waals surface area contributed by atoms with Gasteiger partial charge in [0.2, 0.25) is 5.95 Å². The van der Waals surface area contributed by atoms with E-state index in [2.05, 4.69) is 15.0 Å². The minimum atomic E-state index is -4.07. The molecule has 5 atom stereocenters. The Hall–Kier alpha value is -1.85. The first-order chi connectivity index (χ1) is 13.5. The number of hydrogen-bond acceptors (Lipinski definition) is 9. The molecule has 29 heavy (non-hydrogen) atoms. The highest BCUT2D eigenvalue weighted by Crippen LogP contribution is 2.51. The molecule has 2 aromatic heterocycles. The van der Waals surface area contributed by atoms with Crippen molar-refractivity contribution in [2.75, 3.05) is 18.1 Å². The SMILES string of the molecule is CC(C)OC[C@H]1O[C@@H](n2cnc3c(N)nc(N)nc32)C(F)C1OP(=O)(O)C(C)C. The second kappa shape index (κ2) is 8.11. The van der Waals surface area contributed by atoms with E-state index in [1.165, 1.54) is 24.7 Å². The summed E-state index contributed by atoms with van der Waals surface area (Å²) in [4.78, 5) is 22.1. The van der Waals surface area contributed by atoms with E-state index in [9.17, 15) is 9.46 Å². The molecule has 3 unspecified atom stereocenters. The van der Waals surface area contributed by atoms with Crippen molar-refractivity contribution in [3.05, 3.63) is 6.33 Å². The van der Waals surface area contributed by atoms with Crippen molar-refractivity contribution in [3.8, 4) is 0 Å². The number of ether oxygens (including phenoxy) is 2. The Kier molecular flexibility index (Phi) is 6.11. The lowest BCUT2D eigenvalue weighted by Gasteiger charge is -2.25. The molecule has 0 aromatic carbocycles. The summed E-state index contributed by atoms with van der Waals surface area (Å²) in [5.41, 5.74) is 11.2. The molecule has 1 saturated heterocycles. The Labute approximate surface area is 167 Å². The number of fused-ring (bicyclic) bond motifs is 1. The molecule has 3 heterocycles. The van der Waals surface area contributed by atoms with Crippen LogP contribution in [0.25, 0.3) is 11.2 Å². The van der Waals surface area contributed by atoms with Crippen LogP contribution in [0, 0.1) is 0 Å². The first-order valence-electron chi connectivity index (χ1n) is 9.18. The molecule has 0 spiro atoms. The van der Waals surface area contributed by atoms with Crippen LogP contribution in [0.3, 0.4) is 0 Å². The zero-order valence-electron chi connectivity index (χ0n) is 16.6. The number of alkyl halides is 1. The zero-order chi connectivity index (χ0) is 21.5. The first-order valence-corrected chi connectivity index (χ1v) is 10.8. The van der Waals surface area contributed by atoms with Gasteiger partial charge in [-0.25, -0.2) is 9.37 Å². The van der Waals surface area contributed by atoms with Crippen molar-refractivity contribution in [3.63, 3.8) is 0 Å². The summed E-state index contributed by atoms with van der Waals surface area (Å²) < 4.78 is 45.8. The molecular weight excluding hydrogens is 406 g/mol. The van der Waals surface area contributed by atoms with E-state index in [1.54, 1.807) is 0 Å². The first kappa shape index (κ1) is 21.8. The maximum absolute atomic E-state index is 15.4. The van der Waals surface area contributed by atoms with Gasteiger partial charge < -0.3 is 25.8 Å². The van der Waals surface area contributed by atoms with Gasteiger partial charge >= 0.3 is 7.60 Å². The van der Waals surface area contributed by atoms with Crippen molar-refractivity contribution in [1.82, 2.24) is 19.5 Å². The summed E-state index contributed by atoms with van der Waals surface area (Å²) in [5.74, 6) is -0.0517. The van der Waals surface area contributed by atoms with Gasteiger partial charge in [-0.1, -0.05) is 13.8 Å². The molecule has 1 fully saturated rings. The number of hydrogen-bond donors (Lipinski definition) is 3. The van der Waals surface area contributed by atoms with E-state index in [0.717, 1.165) is 0 Å². The topological polar surface area (TPSA) is 161 Å². The quantitative estimate of drug-likeness (QED) is 0.548. The van der Waals surface area contributed by atoms with Crippen LogP contribution in [0.5, 0.6) is 0 Å². The van der Waals surface area contributed by atoms with Crippen LogP contribution in [0.1, 0.15) is 33.9 Å². The maximum atomic E-state index is 15.4. The van der Waals surface area contributed by atoms with Crippen molar-refractivity contribution >= 4 is 30.5 Å². The minimum absolute atomic E-state index is 0.0246. The summed E-state index contributed by atoms with van der Waals surface area (Å²) in [6.45, 7) is 6.64. The molecule has 0 aliphatic carbocycles. The van der Waals surface area contributed by atoms with Gasteiger partial charge in [0.05, 0.1) is 24.7 Å². The number of rotatable bonds is 7. The predicted octanol–water partition coefficient (Wildman–Crippen LogP) is 1.63. The molecule has 162 valence electrons. The van der Waals surface area contributed by atoms with E-state index in [-0.39, 0.29) is 35.6 Å². The van der Waals surface area contributed by atoms with Gasteiger partial charge in [-0.2, -0.15) is 9.97 Å². The van der Waals surface area contributed by atoms with Crippen molar-refractivity contribution in [2.45, 2.75) is 64.1 Å². The van der Waals surface area contributed by atoms with Crippen LogP contribution >= 0.6 is 7.60 Å². The van der Waals surface area contributed by atoms with Gasteiger partial charge in [-0.15, -0.1) is 0 Å². The van der Waals surface area contributed by atoms with Crippen molar-refractivity contribution in [2.24, 2.45) is 0 Å². The molecule has 1 aliphatic heterocycles. The van der Waals surface area contributed by atoms with E-state index in [4.69, 9.17) is 25.5 Å². The van der Waals surface area contributed by atoms with Gasteiger partial charge in [-0.05, 0) is 13.8 Å². The van der Waals surface area contributed by atoms with Gasteiger partial charge in [0, 0.05) is 0 Å². The average molecular weight is 432 g/mol. The van der Waals surface area contributed by atoms with Crippen LogP contribution in [0.15, 0.2) is 6.33 Å². The molecule has 0 saturated carbocycles. The Balaban J connectivity index is 1.95. The normalized spacial score (nSPS) is 27.2. The van der Waals surface area contributed by atoms with E-state index in [0.29, 0.717) is 0 Å². The zero-order valence-corrected chi connectivity index (χ0v) is 17.5. The van der Waals surface area contributed by atoms with Crippen LogP contribution in [0.4, 0.5) is 16.2 Å². The Bertz CT molecular complexity index is 925. The molecule has 3 rings (SSSR count). The lowest BCUT2D eigenvalue weighted by atomic mass is 10.1. The number of imidazole rings is 1. The highest BCUT2D eigenvalue weighted by molar-refractivity contribution is 7.53. The Morgan fingerprint density at radius 1 is 1.34 bits per heavy atom. The maximum Gasteiger partial charge on any atom is 0.331 e. The van der Waals surface area contributed by atoms with Crippen molar-refractivity contribution < 1.29 is 27.8 Å². The monoisotopic (exact) mass is 432 g/mol. The summed E-state index contributed by atoms with van der Waals surface area (Å²) in [6.07, 6.45) is -4.13. The number of halogens is 1. The second-order valence-electron chi connectivity index (χ2n) is 7.41. The summed E-state index contributed by atoms with van der Waals surface area (Å²) in [7, 11) is -4.07. The second-order valence-corrected chi connectivity index (χ2v) is 9.78. The standard InChI is InChI=1S/C16H26FN6O5P/c1-7(2)26-5-9-12(28-29(24,25)8(3)4)10(17)15(27-9)23-6-20-11-13(18)21-16(19)22-14(11)23/h6-10,12,15H,5H2,1-4H3,(H,24,25)(H4,18,19,21,22)/t9-,10?,12?,15-/m1/s1. The highest BCUT2D eigenvalue weighted by Gasteiger charge is 2.50. The van der Waals surface area contributed by atoms with Crippen molar-refractivity contribution in [1.29, 1.82) is 0 Å². The minimum Gasteiger partial charge on any atom is -0.382 e. The molecule has 0 radical (unpaired) electrons. The van der Waals surface area contributed by atoms with Gasteiger partial charge in [0.15, 0.2) is 23.9 Å². The molecule has 1 aliphatic rings. The fourth-order valence-corrected chi connectivity index (χ4v) is 3.75. The van der Waals surface area contributed by atoms with E-state index < -0.39 is 37.9 Å². The number of aromatic nitrogens is 4. The van der Waals surface area contributed by atoms with Gasteiger partial charge in [0.25, 0.3) is 0 Å². The number of nitrogens with zero attached hydrogens (tertiary/aromatic N) is 4. The lowest BCUT2D eigenvalue weighted by Crippen LogP contribution is -2.35. The van der Waals surface area contributed by atoms with Crippen LogP contribution in [0.2, 0.25) is 0 Å².